The van der Waals surface area contributed by atoms with E-state index in [1.165, 1.54) is 0 Å². The third-order valence-corrected chi connectivity index (χ3v) is 3.53. The van der Waals surface area contributed by atoms with E-state index in [-0.39, 0.29) is 17.9 Å². The van der Waals surface area contributed by atoms with Crippen LogP contribution in [0.5, 0.6) is 0 Å². The summed E-state index contributed by atoms with van der Waals surface area (Å²) in [7, 11) is 0. The number of carbonyl (C=O) groups excluding carboxylic acids is 1. The molecule has 0 unspecified atom stereocenters. The maximum atomic E-state index is 12.1. The zero-order valence-corrected chi connectivity index (χ0v) is 13.5. The number of aryl methyl sites for hydroxylation is 2. The van der Waals surface area contributed by atoms with Crippen LogP contribution >= 0.6 is 0 Å². The van der Waals surface area contributed by atoms with E-state index in [0.717, 1.165) is 36.1 Å². The summed E-state index contributed by atoms with van der Waals surface area (Å²) in [6, 6.07) is 11.3. The Morgan fingerprint density at radius 1 is 1.26 bits per heavy atom. The smallest absolute Gasteiger partial charge is 0.412 e. The number of pyridine rings is 1. The van der Waals surface area contributed by atoms with Gasteiger partial charge in [0, 0.05) is 5.69 Å². The Labute approximate surface area is 135 Å². The normalized spacial score (nSPS) is 10.3. The number of aromatic amines is 1. The average Bonchev–Trinajstić information content (AvgIpc) is 2.55. The van der Waals surface area contributed by atoms with Gasteiger partial charge in [-0.2, -0.15) is 0 Å². The van der Waals surface area contributed by atoms with Crippen LogP contribution in [0.3, 0.4) is 0 Å². The van der Waals surface area contributed by atoms with E-state index in [2.05, 4.69) is 17.2 Å². The molecule has 0 radical (unpaired) electrons. The van der Waals surface area contributed by atoms with Gasteiger partial charge in [-0.25, -0.2) is 4.79 Å². The van der Waals surface area contributed by atoms with Crippen LogP contribution in [0.2, 0.25) is 0 Å². The highest BCUT2D eigenvalue weighted by molar-refractivity contribution is 5.85. The van der Waals surface area contributed by atoms with Crippen LogP contribution in [0, 0.1) is 6.92 Å². The molecule has 0 atom stereocenters. The summed E-state index contributed by atoms with van der Waals surface area (Å²) in [5, 5.41) is 2.53. The second-order valence-electron chi connectivity index (χ2n) is 5.47. The van der Waals surface area contributed by atoms with Gasteiger partial charge in [0.2, 0.25) is 0 Å². The average molecular weight is 314 g/mol. The molecule has 23 heavy (non-hydrogen) atoms. The minimum absolute atomic E-state index is 0.165. The molecular formula is C18H22N2O3. The topological polar surface area (TPSA) is 71.2 Å². The van der Waals surface area contributed by atoms with Gasteiger partial charge in [-0.15, -0.1) is 0 Å². The van der Waals surface area contributed by atoms with Gasteiger partial charge in [0.1, 0.15) is 12.3 Å². The van der Waals surface area contributed by atoms with Crippen LogP contribution in [-0.4, -0.2) is 11.1 Å². The second kappa shape index (κ2) is 8.17. The van der Waals surface area contributed by atoms with Crippen molar-refractivity contribution >= 4 is 11.8 Å². The van der Waals surface area contributed by atoms with Crippen LogP contribution in [0.4, 0.5) is 10.5 Å². The summed E-state index contributed by atoms with van der Waals surface area (Å²) >= 11 is 0. The molecule has 0 aliphatic heterocycles. The molecule has 2 N–H and O–H groups in total. The highest BCUT2D eigenvalue weighted by atomic mass is 16.5. The standard InChI is InChI=1S/C18H22N2O3/c1-3-4-10-15-11-13(2)16(17(21)19-15)20-18(22)23-12-14-8-6-5-7-9-14/h5-9,11H,3-4,10,12H2,1-2H3,(H,19,21)(H,20,22). The molecule has 2 aromatic rings. The molecule has 0 spiro atoms. The van der Waals surface area contributed by atoms with Gasteiger partial charge in [-0.3, -0.25) is 10.1 Å². The summed E-state index contributed by atoms with van der Waals surface area (Å²) in [5.41, 5.74) is 2.45. The number of amides is 1. The lowest BCUT2D eigenvalue weighted by Gasteiger charge is -2.10. The SMILES string of the molecule is CCCCc1cc(C)c(NC(=O)OCc2ccccc2)c(=O)[nH]1. The fraction of sp³-hybridized carbons (Fsp3) is 0.333. The fourth-order valence-corrected chi connectivity index (χ4v) is 2.28. The minimum Gasteiger partial charge on any atom is -0.444 e. The van der Waals surface area contributed by atoms with Crippen LogP contribution < -0.4 is 10.9 Å². The molecule has 0 saturated heterocycles. The van der Waals surface area contributed by atoms with E-state index in [0.29, 0.717) is 0 Å². The molecule has 0 bridgehead atoms. The minimum atomic E-state index is -0.635. The van der Waals surface area contributed by atoms with E-state index in [1.807, 2.05) is 36.4 Å². The number of hydrogen-bond donors (Lipinski definition) is 2. The van der Waals surface area contributed by atoms with Crippen LogP contribution in [0.15, 0.2) is 41.2 Å². The van der Waals surface area contributed by atoms with Crippen LogP contribution in [0.1, 0.15) is 36.6 Å². The van der Waals surface area contributed by atoms with Gasteiger partial charge < -0.3 is 9.72 Å². The Kier molecular flexibility index (Phi) is 5.97. The summed E-state index contributed by atoms with van der Waals surface area (Å²) in [4.78, 5) is 26.8. The molecule has 1 amide bonds. The molecule has 0 aliphatic rings. The maximum absolute atomic E-state index is 12.1. The number of unbranched alkanes of at least 4 members (excludes halogenated alkanes) is 1. The summed E-state index contributed by atoms with van der Waals surface area (Å²) in [6.45, 7) is 4.07. The van der Waals surface area contributed by atoms with E-state index in [4.69, 9.17) is 4.74 Å². The Morgan fingerprint density at radius 3 is 2.65 bits per heavy atom. The number of rotatable bonds is 6. The number of aromatic nitrogens is 1. The molecule has 5 heteroatoms. The predicted molar refractivity (Wildman–Crippen MR) is 90.7 cm³/mol. The van der Waals surface area contributed by atoms with E-state index in [9.17, 15) is 9.59 Å². The molecule has 122 valence electrons. The Hall–Kier alpha value is -2.56. The molecule has 2 rings (SSSR count). The van der Waals surface area contributed by atoms with Gasteiger partial charge in [0.15, 0.2) is 0 Å². The third-order valence-electron chi connectivity index (χ3n) is 3.53. The Bertz CT molecular complexity index is 708. The molecule has 0 saturated carbocycles. The molecular weight excluding hydrogens is 292 g/mol. The fourth-order valence-electron chi connectivity index (χ4n) is 2.28. The lowest BCUT2D eigenvalue weighted by Crippen LogP contribution is -2.22. The van der Waals surface area contributed by atoms with Crippen molar-refractivity contribution in [2.24, 2.45) is 0 Å². The summed E-state index contributed by atoms with van der Waals surface area (Å²) < 4.78 is 5.13. The third kappa shape index (κ3) is 4.98. The number of benzene rings is 1. The van der Waals surface area contributed by atoms with Crippen molar-refractivity contribution in [3.63, 3.8) is 0 Å². The van der Waals surface area contributed by atoms with Crippen LogP contribution in [-0.2, 0) is 17.8 Å². The lowest BCUT2D eigenvalue weighted by molar-refractivity contribution is 0.155. The zero-order chi connectivity index (χ0) is 16.7. The molecule has 5 nitrogen and oxygen atoms in total. The Morgan fingerprint density at radius 2 is 2.00 bits per heavy atom. The van der Waals surface area contributed by atoms with Crippen molar-refractivity contribution in [1.29, 1.82) is 0 Å². The highest BCUT2D eigenvalue weighted by Crippen LogP contribution is 2.12. The van der Waals surface area contributed by atoms with Crippen LogP contribution in [0.25, 0.3) is 0 Å². The molecule has 0 aliphatic carbocycles. The van der Waals surface area contributed by atoms with Crippen molar-refractivity contribution in [2.45, 2.75) is 39.7 Å². The maximum Gasteiger partial charge on any atom is 0.412 e. The first-order chi connectivity index (χ1) is 11.1. The van der Waals surface area contributed by atoms with Gasteiger partial charge in [-0.05, 0) is 37.0 Å². The highest BCUT2D eigenvalue weighted by Gasteiger charge is 2.11. The first-order valence-electron chi connectivity index (χ1n) is 7.80. The summed E-state index contributed by atoms with van der Waals surface area (Å²) in [6.07, 6.45) is 2.27. The van der Waals surface area contributed by atoms with Gasteiger partial charge in [-0.1, -0.05) is 43.7 Å². The molecule has 1 aromatic heterocycles. The second-order valence-corrected chi connectivity index (χ2v) is 5.47. The number of ether oxygens (including phenoxy) is 1. The van der Waals surface area contributed by atoms with Crippen molar-refractivity contribution in [1.82, 2.24) is 4.98 Å². The molecule has 0 fully saturated rings. The van der Waals surface area contributed by atoms with Crippen molar-refractivity contribution in [3.8, 4) is 0 Å². The first kappa shape index (κ1) is 16.8. The number of hydrogen-bond acceptors (Lipinski definition) is 3. The predicted octanol–water partition coefficient (Wildman–Crippen LogP) is 3.77. The van der Waals surface area contributed by atoms with Gasteiger partial charge in [0.05, 0.1) is 0 Å². The van der Waals surface area contributed by atoms with Gasteiger partial charge >= 0.3 is 6.09 Å². The van der Waals surface area contributed by atoms with Crippen molar-refractivity contribution < 1.29 is 9.53 Å². The zero-order valence-electron chi connectivity index (χ0n) is 13.5. The molecule has 1 aromatic carbocycles. The largest absolute Gasteiger partial charge is 0.444 e. The number of H-pyrrole nitrogens is 1. The monoisotopic (exact) mass is 314 g/mol. The Balaban J connectivity index is 1.99. The van der Waals surface area contributed by atoms with Gasteiger partial charge in [0.25, 0.3) is 5.56 Å². The van der Waals surface area contributed by atoms with Crippen molar-refractivity contribution in [2.75, 3.05) is 5.32 Å². The van der Waals surface area contributed by atoms with E-state index in [1.54, 1.807) is 6.92 Å². The number of nitrogens with one attached hydrogen (secondary N) is 2. The van der Waals surface area contributed by atoms with E-state index < -0.39 is 6.09 Å². The molecule has 1 heterocycles. The van der Waals surface area contributed by atoms with E-state index >= 15 is 0 Å². The first-order valence-corrected chi connectivity index (χ1v) is 7.80. The van der Waals surface area contributed by atoms with Crippen molar-refractivity contribution in [3.05, 3.63) is 63.6 Å². The summed E-state index contributed by atoms with van der Waals surface area (Å²) in [5.74, 6) is 0. The quantitative estimate of drug-likeness (QED) is 0.852. The number of anilines is 1. The number of carbonyl (C=O) groups is 1. The lowest BCUT2D eigenvalue weighted by atomic mass is 10.1.